The van der Waals surface area contributed by atoms with Crippen LogP contribution in [0.2, 0.25) is 0 Å². The van der Waals surface area contributed by atoms with E-state index in [4.69, 9.17) is 13.9 Å². The van der Waals surface area contributed by atoms with Gasteiger partial charge in [0.05, 0.1) is 19.9 Å². The predicted octanol–water partition coefficient (Wildman–Crippen LogP) is 3.70. The molecule has 0 N–H and O–H groups in total. The largest absolute Gasteiger partial charge is 0.493 e. The minimum absolute atomic E-state index is 0.568. The summed E-state index contributed by atoms with van der Waals surface area (Å²) in [6.07, 6.45) is 6.90. The topological polar surface area (TPSA) is 44.5 Å². The van der Waals surface area contributed by atoms with Gasteiger partial charge in [0.1, 0.15) is 6.26 Å². The number of ether oxygens (including phenoxy) is 2. The first-order valence-electron chi connectivity index (χ1n) is 6.16. The average molecular weight is 259 g/mol. The van der Waals surface area contributed by atoms with Crippen molar-refractivity contribution in [2.45, 2.75) is 12.8 Å². The zero-order chi connectivity index (χ0) is 13.5. The zero-order valence-electron chi connectivity index (χ0n) is 11.0. The van der Waals surface area contributed by atoms with Gasteiger partial charge in [-0.2, -0.15) is 0 Å². The van der Waals surface area contributed by atoms with E-state index in [2.05, 4.69) is 11.6 Å². The van der Waals surface area contributed by atoms with Gasteiger partial charge in [-0.05, 0) is 31.0 Å². The van der Waals surface area contributed by atoms with Gasteiger partial charge >= 0.3 is 0 Å². The number of benzene rings is 1. The third-order valence-electron chi connectivity index (χ3n) is 2.65. The molecule has 0 unspecified atom stereocenters. The van der Waals surface area contributed by atoms with E-state index < -0.39 is 0 Å². The van der Waals surface area contributed by atoms with Crippen LogP contribution in [0, 0.1) is 0 Å². The molecule has 0 spiro atoms. The van der Waals surface area contributed by atoms with E-state index >= 15 is 0 Å². The molecule has 1 heterocycles. The van der Waals surface area contributed by atoms with Crippen LogP contribution in [-0.4, -0.2) is 18.7 Å². The molecule has 2 rings (SSSR count). The first kappa shape index (κ1) is 13.2. The van der Waals surface area contributed by atoms with Crippen LogP contribution in [0.1, 0.15) is 12.8 Å². The summed E-state index contributed by atoms with van der Waals surface area (Å²) in [4.78, 5) is 4.12. The number of aromatic nitrogens is 1. The molecule has 0 bridgehead atoms. The molecule has 4 nitrogen and oxygen atoms in total. The fourth-order valence-corrected chi connectivity index (χ4v) is 1.70. The van der Waals surface area contributed by atoms with Crippen LogP contribution in [-0.2, 0) is 0 Å². The number of hydrogen-bond acceptors (Lipinski definition) is 4. The Morgan fingerprint density at radius 3 is 2.95 bits per heavy atom. The maximum absolute atomic E-state index is 5.73. The minimum atomic E-state index is 0.568. The Kier molecular flexibility index (Phi) is 4.61. The summed E-state index contributed by atoms with van der Waals surface area (Å²) in [6, 6.07) is 5.61. The van der Waals surface area contributed by atoms with Crippen molar-refractivity contribution in [1.29, 1.82) is 0 Å². The fraction of sp³-hybridized carbons (Fsp3) is 0.267. The molecule has 0 amide bonds. The summed E-state index contributed by atoms with van der Waals surface area (Å²) < 4.78 is 16.3. The van der Waals surface area contributed by atoms with Gasteiger partial charge in [0.25, 0.3) is 0 Å². The molecule has 0 aliphatic carbocycles. The zero-order valence-corrected chi connectivity index (χ0v) is 11.0. The third-order valence-corrected chi connectivity index (χ3v) is 2.65. The van der Waals surface area contributed by atoms with Crippen molar-refractivity contribution in [3.63, 3.8) is 0 Å². The Bertz CT molecular complexity index is 520. The minimum Gasteiger partial charge on any atom is -0.493 e. The van der Waals surface area contributed by atoms with Gasteiger partial charge in [0.15, 0.2) is 11.5 Å². The smallest absolute Gasteiger partial charge is 0.225 e. The molecule has 0 atom stereocenters. The van der Waals surface area contributed by atoms with E-state index in [1.54, 1.807) is 19.6 Å². The Hall–Kier alpha value is -2.23. The summed E-state index contributed by atoms with van der Waals surface area (Å²) in [5, 5.41) is 0. The first-order chi connectivity index (χ1) is 9.35. The SMILES string of the molecule is C=CCCCOc1cc(-c2ncco2)ccc1OC. The second kappa shape index (κ2) is 6.64. The molecule has 100 valence electrons. The summed E-state index contributed by atoms with van der Waals surface area (Å²) in [5.41, 5.74) is 0.865. The summed E-state index contributed by atoms with van der Waals surface area (Å²) in [5.74, 6) is 1.97. The molecular formula is C15H17NO3. The quantitative estimate of drug-likeness (QED) is 0.562. The number of nitrogens with zero attached hydrogens (tertiary/aromatic N) is 1. The van der Waals surface area contributed by atoms with Crippen LogP contribution in [0.15, 0.2) is 47.7 Å². The first-order valence-corrected chi connectivity index (χ1v) is 6.16. The Morgan fingerprint density at radius 1 is 1.37 bits per heavy atom. The predicted molar refractivity (Wildman–Crippen MR) is 73.4 cm³/mol. The molecular weight excluding hydrogens is 242 g/mol. The van der Waals surface area contributed by atoms with E-state index in [1.807, 2.05) is 24.3 Å². The second-order valence-electron chi connectivity index (χ2n) is 3.98. The lowest BCUT2D eigenvalue weighted by Crippen LogP contribution is -1.99. The van der Waals surface area contributed by atoms with Gasteiger partial charge in [0, 0.05) is 5.56 Å². The Balaban J connectivity index is 2.14. The van der Waals surface area contributed by atoms with E-state index in [0.29, 0.717) is 24.0 Å². The van der Waals surface area contributed by atoms with E-state index in [1.165, 1.54) is 0 Å². The number of unbranched alkanes of at least 4 members (excludes halogenated alkanes) is 1. The van der Waals surface area contributed by atoms with Crippen LogP contribution in [0.5, 0.6) is 11.5 Å². The molecule has 1 aromatic heterocycles. The van der Waals surface area contributed by atoms with Gasteiger partial charge in [0.2, 0.25) is 5.89 Å². The molecule has 0 fully saturated rings. The summed E-state index contributed by atoms with van der Waals surface area (Å²) in [6.45, 7) is 4.31. The molecule has 1 aromatic carbocycles. The van der Waals surface area contributed by atoms with Gasteiger partial charge in [-0.1, -0.05) is 6.08 Å². The number of rotatable bonds is 7. The molecule has 0 aliphatic heterocycles. The van der Waals surface area contributed by atoms with Crippen molar-refractivity contribution in [1.82, 2.24) is 4.98 Å². The Labute approximate surface area is 112 Å². The molecule has 0 aliphatic rings. The molecule has 19 heavy (non-hydrogen) atoms. The highest BCUT2D eigenvalue weighted by Gasteiger charge is 2.09. The number of allylic oxidation sites excluding steroid dienone is 1. The van der Waals surface area contributed by atoms with Crippen molar-refractivity contribution >= 4 is 0 Å². The van der Waals surface area contributed by atoms with Crippen molar-refractivity contribution in [3.05, 3.63) is 43.3 Å². The van der Waals surface area contributed by atoms with Crippen LogP contribution in [0.25, 0.3) is 11.5 Å². The van der Waals surface area contributed by atoms with Gasteiger partial charge in [-0.3, -0.25) is 0 Å². The number of methoxy groups -OCH3 is 1. The second-order valence-corrected chi connectivity index (χ2v) is 3.98. The van der Waals surface area contributed by atoms with E-state index in [0.717, 1.165) is 18.4 Å². The molecule has 2 aromatic rings. The maximum Gasteiger partial charge on any atom is 0.225 e. The fourth-order valence-electron chi connectivity index (χ4n) is 1.70. The van der Waals surface area contributed by atoms with Gasteiger partial charge in [-0.15, -0.1) is 6.58 Å². The Morgan fingerprint density at radius 2 is 2.26 bits per heavy atom. The van der Waals surface area contributed by atoms with E-state index in [-0.39, 0.29) is 0 Å². The lowest BCUT2D eigenvalue weighted by molar-refractivity contribution is 0.290. The normalized spacial score (nSPS) is 10.2. The highest BCUT2D eigenvalue weighted by Crippen LogP contribution is 2.32. The van der Waals surface area contributed by atoms with Crippen molar-refractivity contribution < 1.29 is 13.9 Å². The lowest BCUT2D eigenvalue weighted by Gasteiger charge is -2.11. The third kappa shape index (κ3) is 3.37. The highest BCUT2D eigenvalue weighted by molar-refractivity contribution is 5.59. The summed E-state index contributed by atoms with van der Waals surface area (Å²) >= 11 is 0. The van der Waals surface area contributed by atoms with Crippen molar-refractivity contribution in [3.8, 4) is 23.0 Å². The molecule has 4 heteroatoms. The molecule has 0 saturated heterocycles. The van der Waals surface area contributed by atoms with Gasteiger partial charge < -0.3 is 13.9 Å². The number of oxazole rings is 1. The van der Waals surface area contributed by atoms with Crippen molar-refractivity contribution in [2.24, 2.45) is 0 Å². The van der Waals surface area contributed by atoms with Crippen LogP contribution in [0.4, 0.5) is 0 Å². The van der Waals surface area contributed by atoms with Crippen LogP contribution < -0.4 is 9.47 Å². The molecule has 0 saturated carbocycles. The van der Waals surface area contributed by atoms with Crippen LogP contribution in [0.3, 0.4) is 0 Å². The van der Waals surface area contributed by atoms with Crippen LogP contribution >= 0.6 is 0 Å². The average Bonchev–Trinajstić information content (AvgIpc) is 2.97. The van der Waals surface area contributed by atoms with Crippen molar-refractivity contribution in [2.75, 3.05) is 13.7 Å². The highest BCUT2D eigenvalue weighted by atomic mass is 16.5. The monoisotopic (exact) mass is 259 g/mol. The standard InChI is InChI=1S/C15H17NO3/c1-3-4-5-9-18-14-11-12(6-7-13(14)17-2)15-16-8-10-19-15/h3,6-8,10-11H,1,4-5,9H2,2H3. The maximum atomic E-state index is 5.73. The lowest BCUT2D eigenvalue weighted by atomic mass is 10.2. The van der Waals surface area contributed by atoms with Gasteiger partial charge in [-0.25, -0.2) is 4.98 Å². The summed E-state index contributed by atoms with van der Waals surface area (Å²) in [7, 11) is 1.62. The number of hydrogen-bond donors (Lipinski definition) is 0. The van der Waals surface area contributed by atoms with E-state index in [9.17, 15) is 0 Å². The molecule has 0 radical (unpaired) electrons.